The fourth-order valence-electron chi connectivity index (χ4n) is 3.81. The maximum absolute atomic E-state index is 12.4. The molecule has 0 aliphatic carbocycles. The van der Waals surface area contributed by atoms with Crippen molar-refractivity contribution in [2.75, 3.05) is 18.8 Å². The zero-order valence-electron chi connectivity index (χ0n) is 16.5. The van der Waals surface area contributed by atoms with E-state index in [0.29, 0.717) is 17.7 Å². The summed E-state index contributed by atoms with van der Waals surface area (Å²) in [5.74, 6) is 1.01. The number of hydrogen-bond acceptors (Lipinski definition) is 6. The number of nitrogens with zero attached hydrogens (tertiary/aromatic N) is 3. The van der Waals surface area contributed by atoms with E-state index in [-0.39, 0.29) is 23.6 Å². The van der Waals surface area contributed by atoms with Crippen LogP contribution in [0.1, 0.15) is 58.8 Å². The van der Waals surface area contributed by atoms with Gasteiger partial charge in [-0.1, -0.05) is 19.8 Å². The van der Waals surface area contributed by atoms with E-state index in [1.54, 1.807) is 4.57 Å². The lowest BCUT2D eigenvalue weighted by Gasteiger charge is -2.22. The third-order valence-electron chi connectivity index (χ3n) is 5.27. The predicted octanol–water partition coefficient (Wildman–Crippen LogP) is 2.44. The van der Waals surface area contributed by atoms with Gasteiger partial charge in [-0.15, -0.1) is 0 Å². The van der Waals surface area contributed by atoms with Crippen molar-refractivity contribution in [3.05, 3.63) is 10.5 Å². The van der Waals surface area contributed by atoms with Crippen LogP contribution in [0.2, 0.25) is 0 Å². The average Bonchev–Trinajstić information content (AvgIpc) is 2.96. The highest BCUT2D eigenvalue weighted by molar-refractivity contribution is 5.81. The van der Waals surface area contributed by atoms with Gasteiger partial charge in [0.2, 0.25) is 0 Å². The van der Waals surface area contributed by atoms with Gasteiger partial charge in [-0.25, -0.2) is 4.79 Å². The third kappa shape index (κ3) is 5.00. The first kappa shape index (κ1) is 19.7. The van der Waals surface area contributed by atoms with Gasteiger partial charge in [-0.05, 0) is 58.0 Å². The van der Waals surface area contributed by atoms with Gasteiger partial charge in [0.1, 0.15) is 5.52 Å². The fraction of sp³-hybridized carbons (Fsp3) is 0.737. The number of hydrogen-bond donors (Lipinski definition) is 3. The summed E-state index contributed by atoms with van der Waals surface area (Å²) in [7, 11) is 0. The van der Waals surface area contributed by atoms with E-state index in [9.17, 15) is 4.79 Å². The number of ether oxygens (including phenoxy) is 1. The van der Waals surface area contributed by atoms with Gasteiger partial charge in [0.25, 0.3) is 0 Å². The zero-order chi connectivity index (χ0) is 19.2. The summed E-state index contributed by atoms with van der Waals surface area (Å²) in [6.07, 6.45) is 7.75. The molecule has 3 rings (SSSR count). The minimum absolute atomic E-state index is 0.00932. The molecule has 4 N–H and O–H groups in total. The number of aromatic nitrogens is 4. The molecular weight excluding hydrogens is 344 g/mol. The van der Waals surface area contributed by atoms with Crippen LogP contribution < -0.4 is 21.5 Å². The lowest BCUT2D eigenvalue weighted by molar-refractivity contribution is 0.193. The molecule has 2 atom stereocenters. The molecule has 0 aromatic carbocycles. The van der Waals surface area contributed by atoms with Crippen LogP contribution in [0.3, 0.4) is 0 Å². The Bertz CT molecular complexity index is 793. The number of aromatic amines is 1. The number of nitrogen functional groups attached to an aromatic ring is 1. The van der Waals surface area contributed by atoms with Crippen LogP contribution in [0.25, 0.3) is 11.2 Å². The van der Waals surface area contributed by atoms with E-state index in [1.807, 2.05) is 6.92 Å². The molecule has 2 aromatic heterocycles. The summed E-state index contributed by atoms with van der Waals surface area (Å²) in [6, 6.07) is 0.238. The lowest BCUT2D eigenvalue weighted by Crippen LogP contribution is -2.29. The largest absolute Gasteiger partial charge is 0.460 e. The Morgan fingerprint density at radius 2 is 2.22 bits per heavy atom. The maximum Gasteiger partial charge on any atom is 0.327 e. The number of rotatable bonds is 9. The van der Waals surface area contributed by atoms with Crippen LogP contribution in [-0.4, -0.2) is 38.7 Å². The monoisotopic (exact) mass is 376 g/mol. The van der Waals surface area contributed by atoms with Gasteiger partial charge < -0.3 is 20.8 Å². The number of H-pyrrole nitrogens is 1. The first-order chi connectivity index (χ1) is 13.1. The highest BCUT2D eigenvalue weighted by Gasteiger charge is 2.16. The number of imidazole rings is 1. The molecule has 2 unspecified atom stereocenters. The second kappa shape index (κ2) is 9.21. The average molecular weight is 377 g/mol. The Hall–Kier alpha value is -2.09. The van der Waals surface area contributed by atoms with Crippen molar-refractivity contribution >= 4 is 17.0 Å². The Labute approximate surface area is 159 Å². The standard InChI is InChI=1S/C19H32N6O2/c1-3-7-13(2)27-18-23-16(20)15-17(24-18)25(19(26)22-15)11-5-4-8-14-9-6-10-21-12-14/h13-14,21H,3-12H2,1-2H3,(H,22,26)(H2,20,23,24). The molecule has 1 aliphatic rings. The molecule has 1 aliphatic heterocycles. The van der Waals surface area contributed by atoms with Gasteiger partial charge in [-0.3, -0.25) is 4.57 Å². The van der Waals surface area contributed by atoms with Crippen LogP contribution in [0, 0.1) is 5.92 Å². The molecule has 2 aromatic rings. The van der Waals surface area contributed by atoms with Crippen LogP contribution in [0.4, 0.5) is 5.82 Å². The van der Waals surface area contributed by atoms with Crippen molar-refractivity contribution in [3.8, 4) is 6.01 Å². The van der Waals surface area contributed by atoms with E-state index in [1.165, 1.54) is 19.3 Å². The normalized spacial score (nSPS) is 18.7. The number of unbranched alkanes of at least 4 members (excludes halogenated alkanes) is 1. The van der Waals surface area contributed by atoms with Crippen LogP contribution in [0.15, 0.2) is 4.79 Å². The van der Waals surface area contributed by atoms with Gasteiger partial charge in [-0.2, -0.15) is 9.97 Å². The van der Waals surface area contributed by atoms with Gasteiger partial charge in [0, 0.05) is 6.54 Å². The molecule has 27 heavy (non-hydrogen) atoms. The van der Waals surface area contributed by atoms with E-state index in [0.717, 1.165) is 44.7 Å². The van der Waals surface area contributed by atoms with E-state index in [2.05, 4.69) is 27.2 Å². The van der Waals surface area contributed by atoms with Crippen molar-refractivity contribution < 1.29 is 4.74 Å². The predicted molar refractivity (Wildman–Crippen MR) is 107 cm³/mol. The first-order valence-electron chi connectivity index (χ1n) is 10.2. The first-order valence-corrected chi connectivity index (χ1v) is 10.2. The number of fused-ring (bicyclic) bond motifs is 1. The van der Waals surface area contributed by atoms with Crippen molar-refractivity contribution in [3.63, 3.8) is 0 Å². The fourth-order valence-corrected chi connectivity index (χ4v) is 3.81. The van der Waals surface area contributed by atoms with Gasteiger partial charge >= 0.3 is 11.7 Å². The lowest BCUT2D eigenvalue weighted by atomic mass is 9.94. The Morgan fingerprint density at radius 3 is 2.96 bits per heavy atom. The minimum Gasteiger partial charge on any atom is -0.460 e. The van der Waals surface area contributed by atoms with E-state index in [4.69, 9.17) is 10.5 Å². The number of nitrogens with two attached hydrogens (primary N) is 1. The van der Waals surface area contributed by atoms with Crippen molar-refractivity contribution in [1.82, 2.24) is 24.8 Å². The zero-order valence-corrected chi connectivity index (χ0v) is 16.5. The quantitative estimate of drug-likeness (QED) is 0.580. The Morgan fingerprint density at radius 1 is 1.37 bits per heavy atom. The molecule has 8 heteroatoms. The second-order valence-electron chi connectivity index (χ2n) is 7.60. The second-order valence-corrected chi connectivity index (χ2v) is 7.60. The molecule has 0 amide bonds. The Kier molecular flexibility index (Phi) is 6.71. The summed E-state index contributed by atoms with van der Waals surface area (Å²) in [5, 5.41) is 3.45. The molecule has 8 nitrogen and oxygen atoms in total. The summed E-state index contributed by atoms with van der Waals surface area (Å²) in [5.41, 5.74) is 6.85. The molecule has 1 saturated heterocycles. The molecule has 150 valence electrons. The number of aryl methyl sites for hydroxylation is 1. The number of nitrogens with one attached hydrogen (secondary N) is 2. The molecule has 0 saturated carbocycles. The van der Waals surface area contributed by atoms with Crippen molar-refractivity contribution in [2.24, 2.45) is 5.92 Å². The van der Waals surface area contributed by atoms with E-state index < -0.39 is 0 Å². The summed E-state index contributed by atoms with van der Waals surface area (Å²) < 4.78 is 7.43. The summed E-state index contributed by atoms with van der Waals surface area (Å²) in [6.45, 7) is 6.97. The molecule has 0 radical (unpaired) electrons. The molecule has 3 heterocycles. The van der Waals surface area contributed by atoms with Gasteiger partial charge in [0.15, 0.2) is 11.5 Å². The number of piperidine rings is 1. The molecule has 0 bridgehead atoms. The Balaban J connectivity index is 1.67. The van der Waals surface area contributed by atoms with Gasteiger partial charge in [0.05, 0.1) is 6.10 Å². The maximum atomic E-state index is 12.4. The van der Waals surface area contributed by atoms with Crippen LogP contribution in [0.5, 0.6) is 6.01 Å². The smallest absolute Gasteiger partial charge is 0.327 e. The topological polar surface area (TPSA) is 111 Å². The summed E-state index contributed by atoms with van der Waals surface area (Å²) in [4.78, 5) is 23.8. The summed E-state index contributed by atoms with van der Waals surface area (Å²) >= 11 is 0. The molecular formula is C19H32N6O2. The SMILES string of the molecule is CCCC(C)Oc1nc(N)c2[nH]c(=O)n(CCCCC3CCCNC3)c2n1. The third-order valence-corrected chi connectivity index (χ3v) is 5.27. The highest BCUT2D eigenvalue weighted by atomic mass is 16.5. The van der Waals surface area contributed by atoms with Crippen LogP contribution >= 0.6 is 0 Å². The molecule has 1 fully saturated rings. The van der Waals surface area contributed by atoms with Crippen molar-refractivity contribution in [2.45, 2.75) is 71.4 Å². The van der Waals surface area contributed by atoms with Crippen LogP contribution in [-0.2, 0) is 6.54 Å². The number of anilines is 1. The highest BCUT2D eigenvalue weighted by Crippen LogP contribution is 2.20. The van der Waals surface area contributed by atoms with Crippen molar-refractivity contribution in [1.29, 1.82) is 0 Å². The van der Waals surface area contributed by atoms with E-state index >= 15 is 0 Å². The molecule has 0 spiro atoms. The minimum atomic E-state index is -0.191.